The lowest BCUT2D eigenvalue weighted by Gasteiger charge is -2.27. The molecule has 3 N–H and O–H groups in total. The van der Waals surface area contributed by atoms with Crippen molar-refractivity contribution in [1.29, 1.82) is 0 Å². The van der Waals surface area contributed by atoms with Gasteiger partial charge in [0.05, 0.1) is 29.8 Å². The highest BCUT2D eigenvalue weighted by atomic mass is 32.2. The number of fused-ring (bicyclic) bond motifs is 10. The first-order chi connectivity index (χ1) is 22.4. The van der Waals surface area contributed by atoms with Crippen LogP contribution >= 0.6 is 0 Å². The Morgan fingerprint density at radius 1 is 1.06 bits per heavy atom. The highest BCUT2D eigenvalue weighted by Gasteiger charge is 2.39. The minimum absolute atomic E-state index is 0.0336. The summed E-state index contributed by atoms with van der Waals surface area (Å²) < 4.78 is 69.5. The Bertz CT molecular complexity index is 2020. The van der Waals surface area contributed by atoms with E-state index in [0.29, 0.717) is 29.2 Å². The van der Waals surface area contributed by atoms with Crippen LogP contribution in [-0.2, 0) is 32.3 Å². The largest absolute Gasteiger partial charge is 0.496 e. The van der Waals surface area contributed by atoms with E-state index in [2.05, 4.69) is 10.3 Å². The van der Waals surface area contributed by atoms with Crippen molar-refractivity contribution >= 4 is 44.1 Å². The summed E-state index contributed by atoms with van der Waals surface area (Å²) in [6.07, 6.45) is 1.53. The van der Waals surface area contributed by atoms with Crippen molar-refractivity contribution in [3.05, 3.63) is 88.6 Å². The number of amides is 2. The van der Waals surface area contributed by atoms with Crippen molar-refractivity contribution in [2.75, 3.05) is 31.8 Å². The maximum absolute atomic E-state index is 16.1. The van der Waals surface area contributed by atoms with Crippen LogP contribution in [0.15, 0.2) is 59.6 Å². The molecular formula is C34H34F2N4O6S. The van der Waals surface area contributed by atoms with Crippen LogP contribution in [-0.4, -0.2) is 56.3 Å². The number of likely N-dealkylation sites (N-methyl/N-ethyl adjacent to an activating group) is 1. The molecule has 1 aliphatic carbocycles. The Kier molecular flexibility index (Phi) is 8.51. The van der Waals surface area contributed by atoms with Crippen molar-refractivity contribution in [3.8, 4) is 5.75 Å². The number of pyridine rings is 1. The van der Waals surface area contributed by atoms with Crippen LogP contribution in [0, 0.1) is 11.6 Å². The summed E-state index contributed by atoms with van der Waals surface area (Å²) in [5.74, 6) is -3.30. The molecule has 47 heavy (non-hydrogen) atoms. The van der Waals surface area contributed by atoms with Crippen molar-refractivity contribution in [2.24, 2.45) is 0 Å². The van der Waals surface area contributed by atoms with Crippen molar-refractivity contribution in [1.82, 2.24) is 9.88 Å². The van der Waals surface area contributed by atoms with E-state index in [1.54, 1.807) is 19.1 Å². The number of nitrogens with one attached hydrogen (secondary N) is 1. The average molecular weight is 665 g/mol. The number of halogens is 2. The standard InChI is InChI=1S/C34H34F2N4O6S/c1-18-17-46-34(42)39-22-4-7-31(47(43,44)23-5-6-23)21(11-22)16-40(2)33(41)27(26-15-30(45-3)24(18)13-29(26)36)12-20-10-19-8-9-38-32(37)25(19)14-28(20)35/h4,7-11,13-15,18,23,27H,5-6,12,16-17H2,1-3H3,(H2,37,38)(H,39,42)/t18-,27+/m0/s1. The van der Waals surface area contributed by atoms with Gasteiger partial charge in [0.25, 0.3) is 0 Å². The molecule has 1 saturated carbocycles. The Morgan fingerprint density at radius 3 is 2.55 bits per heavy atom. The highest BCUT2D eigenvalue weighted by molar-refractivity contribution is 7.92. The second-order valence-corrected chi connectivity index (χ2v) is 14.3. The normalized spacial score (nSPS) is 19.0. The number of rotatable bonds is 5. The van der Waals surface area contributed by atoms with Crippen molar-refractivity contribution in [3.63, 3.8) is 0 Å². The van der Waals surface area contributed by atoms with Crippen LogP contribution in [0.3, 0.4) is 0 Å². The van der Waals surface area contributed by atoms with Crippen molar-refractivity contribution in [2.45, 2.75) is 54.7 Å². The van der Waals surface area contributed by atoms with Crippen LogP contribution in [0.1, 0.15) is 53.9 Å². The van der Waals surface area contributed by atoms with E-state index in [9.17, 15) is 18.0 Å². The molecule has 13 heteroatoms. The van der Waals surface area contributed by atoms with Gasteiger partial charge in [0.2, 0.25) is 5.91 Å². The predicted molar refractivity (Wildman–Crippen MR) is 172 cm³/mol. The van der Waals surface area contributed by atoms with Gasteiger partial charge in [0, 0.05) is 47.9 Å². The number of hydrogen-bond acceptors (Lipinski definition) is 8. The van der Waals surface area contributed by atoms with E-state index in [-0.39, 0.29) is 58.4 Å². The number of benzene rings is 3. The number of nitrogens with zero attached hydrogens (tertiary/aromatic N) is 2. The summed E-state index contributed by atoms with van der Waals surface area (Å²) >= 11 is 0. The maximum Gasteiger partial charge on any atom is 0.411 e. The number of sulfone groups is 1. The van der Waals surface area contributed by atoms with Crippen LogP contribution in [0.5, 0.6) is 5.75 Å². The number of nitrogens with two attached hydrogens (primary N) is 1. The fraction of sp³-hybridized carbons (Fsp3) is 0.324. The minimum Gasteiger partial charge on any atom is -0.496 e. The summed E-state index contributed by atoms with van der Waals surface area (Å²) in [6.45, 7) is 1.40. The SMILES string of the molecule is COc1cc2c(F)cc1[C@@H](C)COC(=O)Nc1ccc(S(=O)(=O)C3CC3)c(c1)CN(C)C(=O)[C@@H]2Cc1cc2ccnc(N)c2cc1F. The molecule has 246 valence electrons. The topological polar surface area (TPSA) is 141 Å². The third-order valence-electron chi connectivity index (χ3n) is 8.76. The van der Waals surface area contributed by atoms with E-state index in [1.807, 2.05) is 0 Å². The maximum atomic E-state index is 16.1. The molecule has 1 fully saturated rings. The first kappa shape index (κ1) is 32.2. The monoisotopic (exact) mass is 664 g/mol. The van der Waals surface area contributed by atoms with Crippen molar-refractivity contribution < 1.29 is 36.3 Å². The van der Waals surface area contributed by atoms with Gasteiger partial charge in [0.15, 0.2) is 9.84 Å². The van der Waals surface area contributed by atoms with Crippen LogP contribution < -0.4 is 15.8 Å². The van der Waals surface area contributed by atoms with Crippen LogP contribution in [0.2, 0.25) is 0 Å². The number of hydrogen-bond donors (Lipinski definition) is 2. The van der Waals surface area contributed by atoms with Gasteiger partial charge in [0.1, 0.15) is 23.2 Å². The molecule has 1 aromatic heterocycles. The van der Waals surface area contributed by atoms with E-state index < -0.39 is 50.6 Å². The summed E-state index contributed by atoms with van der Waals surface area (Å²) in [7, 11) is -0.845. The number of carbonyl (C=O) groups is 2. The van der Waals surface area contributed by atoms with Gasteiger partial charge in [-0.05, 0) is 84.3 Å². The molecule has 0 radical (unpaired) electrons. The summed E-state index contributed by atoms with van der Waals surface area (Å²) in [4.78, 5) is 32.4. The molecule has 3 heterocycles. The van der Waals surface area contributed by atoms with Crippen LogP contribution in [0.4, 0.5) is 25.1 Å². The van der Waals surface area contributed by atoms with E-state index in [0.717, 1.165) is 0 Å². The molecule has 0 unspecified atom stereocenters. The molecule has 2 aliphatic heterocycles. The molecule has 2 atom stereocenters. The van der Waals surface area contributed by atoms with Gasteiger partial charge < -0.3 is 20.1 Å². The second kappa shape index (κ2) is 12.4. The zero-order valence-corrected chi connectivity index (χ0v) is 26.9. The van der Waals surface area contributed by atoms with Gasteiger partial charge in [-0.2, -0.15) is 0 Å². The molecule has 4 bridgehead atoms. The lowest BCUT2D eigenvalue weighted by molar-refractivity contribution is -0.132. The van der Waals surface area contributed by atoms with E-state index >= 15 is 8.78 Å². The Morgan fingerprint density at radius 2 is 1.83 bits per heavy atom. The summed E-state index contributed by atoms with van der Waals surface area (Å²) in [6, 6.07) is 11.5. The molecule has 10 nitrogen and oxygen atoms in total. The Hall–Kier alpha value is -4.78. The van der Waals surface area contributed by atoms with E-state index in [1.165, 1.54) is 61.7 Å². The smallest absolute Gasteiger partial charge is 0.411 e. The number of ether oxygens (including phenoxy) is 2. The molecule has 0 saturated heterocycles. The summed E-state index contributed by atoms with van der Waals surface area (Å²) in [5.41, 5.74) is 7.01. The van der Waals surface area contributed by atoms with Gasteiger partial charge in [-0.3, -0.25) is 10.1 Å². The fourth-order valence-electron chi connectivity index (χ4n) is 6.04. The molecule has 3 aromatic carbocycles. The highest BCUT2D eigenvalue weighted by Crippen LogP contribution is 2.38. The minimum atomic E-state index is -3.71. The van der Waals surface area contributed by atoms with Gasteiger partial charge >= 0.3 is 6.09 Å². The predicted octanol–water partition coefficient (Wildman–Crippen LogP) is 5.69. The van der Waals surface area contributed by atoms with E-state index in [4.69, 9.17) is 15.2 Å². The van der Waals surface area contributed by atoms with Gasteiger partial charge in [-0.1, -0.05) is 6.92 Å². The number of aromatic nitrogens is 1. The third-order valence-corrected chi connectivity index (χ3v) is 11.1. The quantitative estimate of drug-likeness (QED) is 0.277. The first-order valence-electron chi connectivity index (χ1n) is 15.1. The summed E-state index contributed by atoms with van der Waals surface area (Å²) in [5, 5.41) is 3.08. The molecular weight excluding hydrogens is 630 g/mol. The first-order valence-corrected chi connectivity index (χ1v) is 16.7. The van der Waals surface area contributed by atoms with Crippen LogP contribution in [0.25, 0.3) is 10.8 Å². The molecule has 2 amide bonds. The Balaban J connectivity index is 1.49. The lowest BCUT2D eigenvalue weighted by Crippen LogP contribution is -2.33. The third kappa shape index (κ3) is 6.31. The van der Waals surface area contributed by atoms with Gasteiger partial charge in [-0.15, -0.1) is 0 Å². The molecule has 3 aliphatic rings. The zero-order valence-electron chi connectivity index (χ0n) is 26.0. The molecule has 4 aromatic rings. The second-order valence-electron chi connectivity index (χ2n) is 12.1. The average Bonchev–Trinajstić information content (AvgIpc) is 3.89. The number of carbonyl (C=O) groups excluding carboxylic acids is 2. The number of anilines is 2. The molecule has 7 rings (SSSR count). The number of nitrogen functional groups attached to an aromatic ring is 1. The van der Waals surface area contributed by atoms with Gasteiger partial charge in [-0.25, -0.2) is 27.0 Å². The zero-order chi connectivity index (χ0) is 33.6. The Labute approximate surface area is 270 Å². The fourth-order valence-corrected chi connectivity index (χ4v) is 7.91. The molecule has 0 spiro atoms. The lowest BCUT2D eigenvalue weighted by atomic mass is 9.87. The number of methoxy groups -OCH3 is 1.